The van der Waals surface area contributed by atoms with Crippen molar-refractivity contribution in [2.45, 2.75) is 24.5 Å². The van der Waals surface area contributed by atoms with E-state index in [1.807, 2.05) is 7.05 Å². The minimum atomic E-state index is -0.550. The van der Waals surface area contributed by atoms with E-state index in [0.29, 0.717) is 17.7 Å². The van der Waals surface area contributed by atoms with E-state index in [4.69, 9.17) is 4.74 Å². The van der Waals surface area contributed by atoms with Crippen LogP contribution in [0.1, 0.15) is 24.5 Å². The van der Waals surface area contributed by atoms with Crippen molar-refractivity contribution in [3.8, 4) is 5.75 Å². The van der Waals surface area contributed by atoms with Gasteiger partial charge in [-0.2, -0.15) is 0 Å². The van der Waals surface area contributed by atoms with Gasteiger partial charge in [0.2, 0.25) is 0 Å². The molecular weight excluding hydrogens is 221 g/mol. The summed E-state index contributed by atoms with van der Waals surface area (Å²) in [5.74, 6) is 0.179. The Morgan fingerprint density at radius 2 is 2.35 bits per heavy atom. The lowest BCUT2D eigenvalue weighted by molar-refractivity contribution is -0.00606. The van der Waals surface area contributed by atoms with Crippen LogP contribution in [0.15, 0.2) is 18.2 Å². The number of hydrogen-bond acceptors (Lipinski definition) is 3. The molecule has 0 aromatic heterocycles. The van der Waals surface area contributed by atoms with E-state index in [9.17, 15) is 9.50 Å². The number of likely N-dealkylation sites (N-methyl/N-ethyl adjacent to an activating group) is 1. The molecule has 2 aliphatic rings. The number of hydrogen-bond donors (Lipinski definition) is 1. The Kier molecular flexibility index (Phi) is 2.38. The summed E-state index contributed by atoms with van der Waals surface area (Å²) in [6.07, 6.45) is 0.929. The highest BCUT2D eigenvalue weighted by Gasteiger charge is 2.44. The van der Waals surface area contributed by atoms with Crippen LogP contribution in [-0.4, -0.2) is 35.7 Å². The van der Waals surface area contributed by atoms with Crippen LogP contribution in [0.4, 0.5) is 4.39 Å². The van der Waals surface area contributed by atoms with Gasteiger partial charge in [-0.25, -0.2) is 4.39 Å². The van der Waals surface area contributed by atoms with E-state index in [2.05, 4.69) is 4.90 Å². The molecule has 3 rings (SSSR count). The van der Waals surface area contributed by atoms with Gasteiger partial charge in [-0.3, -0.25) is 0 Å². The Morgan fingerprint density at radius 3 is 3.06 bits per heavy atom. The molecule has 1 aromatic rings. The molecule has 1 spiro atoms. The molecule has 0 amide bonds. The number of rotatable bonds is 0. The summed E-state index contributed by atoms with van der Waals surface area (Å²) in [6.45, 7) is 1.75. The number of fused-ring (bicyclic) bond motifs is 1. The van der Waals surface area contributed by atoms with E-state index >= 15 is 0 Å². The van der Waals surface area contributed by atoms with E-state index in [1.165, 1.54) is 12.1 Å². The summed E-state index contributed by atoms with van der Waals surface area (Å²) in [6, 6.07) is 4.35. The van der Waals surface area contributed by atoms with E-state index in [1.54, 1.807) is 6.07 Å². The van der Waals surface area contributed by atoms with Crippen molar-refractivity contribution in [1.29, 1.82) is 0 Å². The first-order chi connectivity index (χ1) is 8.08. The highest BCUT2D eigenvalue weighted by Crippen LogP contribution is 2.43. The molecule has 0 radical (unpaired) electrons. The Morgan fingerprint density at radius 1 is 1.53 bits per heavy atom. The number of ether oxygens (including phenoxy) is 1. The average Bonchev–Trinajstić information content (AvgIpc) is 2.58. The zero-order valence-electron chi connectivity index (χ0n) is 9.82. The monoisotopic (exact) mass is 237 g/mol. The van der Waals surface area contributed by atoms with Crippen molar-refractivity contribution in [1.82, 2.24) is 4.90 Å². The fraction of sp³-hybridized carbons (Fsp3) is 0.538. The predicted molar refractivity (Wildman–Crippen MR) is 61.4 cm³/mol. The van der Waals surface area contributed by atoms with Gasteiger partial charge in [0.25, 0.3) is 0 Å². The number of nitrogens with zero attached hydrogens (tertiary/aromatic N) is 1. The highest BCUT2D eigenvalue weighted by atomic mass is 19.1. The van der Waals surface area contributed by atoms with Crippen LogP contribution in [0.25, 0.3) is 0 Å². The van der Waals surface area contributed by atoms with Crippen molar-refractivity contribution in [2.24, 2.45) is 0 Å². The standard InChI is InChI=1S/C13H16FNO2/c1-15-5-4-13(8-15)7-11(16)10-3-2-9(14)6-12(10)17-13/h2-3,6,11,16H,4-5,7-8H2,1H3/t11-,13?/m0/s1. The molecule has 0 saturated carbocycles. The highest BCUT2D eigenvalue weighted by molar-refractivity contribution is 5.39. The zero-order valence-corrected chi connectivity index (χ0v) is 9.82. The fourth-order valence-electron chi connectivity index (χ4n) is 2.90. The Bertz CT molecular complexity index is 451. The number of aliphatic hydroxyl groups excluding tert-OH is 1. The number of likely N-dealkylation sites (tertiary alicyclic amines) is 1. The van der Waals surface area contributed by atoms with E-state index < -0.39 is 6.10 Å². The van der Waals surface area contributed by atoms with Gasteiger partial charge in [-0.05, 0) is 19.2 Å². The van der Waals surface area contributed by atoms with Crippen molar-refractivity contribution in [3.05, 3.63) is 29.6 Å². The lowest BCUT2D eigenvalue weighted by atomic mass is 9.88. The maximum atomic E-state index is 13.2. The summed E-state index contributed by atoms with van der Waals surface area (Å²) in [4.78, 5) is 2.18. The van der Waals surface area contributed by atoms with Crippen LogP contribution >= 0.6 is 0 Å². The molecule has 1 aromatic carbocycles. The first-order valence-electron chi connectivity index (χ1n) is 5.93. The maximum Gasteiger partial charge on any atom is 0.128 e. The Hall–Kier alpha value is -1.13. The Balaban J connectivity index is 1.97. The first kappa shape index (κ1) is 11.0. The van der Waals surface area contributed by atoms with Gasteiger partial charge in [0.05, 0.1) is 6.10 Å². The lowest BCUT2D eigenvalue weighted by Gasteiger charge is -2.38. The third kappa shape index (κ3) is 1.81. The minimum absolute atomic E-state index is 0.320. The van der Waals surface area contributed by atoms with Crippen LogP contribution in [0, 0.1) is 5.82 Å². The second-order valence-corrected chi connectivity index (χ2v) is 5.17. The van der Waals surface area contributed by atoms with Gasteiger partial charge < -0.3 is 14.7 Å². The van der Waals surface area contributed by atoms with Crippen LogP contribution in [-0.2, 0) is 0 Å². The summed E-state index contributed by atoms with van der Waals surface area (Å²) in [7, 11) is 2.03. The van der Waals surface area contributed by atoms with Crippen LogP contribution in [0.5, 0.6) is 5.75 Å². The van der Waals surface area contributed by atoms with Crippen LogP contribution in [0.3, 0.4) is 0 Å². The first-order valence-corrected chi connectivity index (χ1v) is 5.93. The van der Waals surface area contributed by atoms with Gasteiger partial charge in [-0.1, -0.05) is 0 Å². The second kappa shape index (κ2) is 3.68. The molecular formula is C13H16FNO2. The molecule has 17 heavy (non-hydrogen) atoms. The molecule has 0 aliphatic carbocycles. The SMILES string of the molecule is CN1CCC2(C[C@H](O)c3ccc(F)cc3O2)C1. The fourth-order valence-corrected chi connectivity index (χ4v) is 2.90. The average molecular weight is 237 g/mol. The summed E-state index contributed by atoms with van der Waals surface area (Å²) < 4.78 is 19.2. The molecule has 2 atom stereocenters. The van der Waals surface area contributed by atoms with Crippen molar-refractivity contribution in [3.63, 3.8) is 0 Å². The smallest absolute Gasteiger partial charge is 0.128 e. The summed E-state index contributed by atoms with van der Waals surface area (Å²) >= 11 is 0. The molecule has 4 heteroatoms. The normalized spacial score (nSPS) is 32.5. The predicted octanol–water partition coefficient (Wildman–Crippen LogP) is 1.72. The van der Waals surface area contributed by atoms with Gasteiger partial charge in [0, 0.05) is 37.6 Å². The zero-order chi connectivity index (χ0) is 12.0. The largest absolute Gasteiger partial charge is 0.485 e. The topological polar surface area (TPSA) is 32.7 Å². The maximum absolute atomic E-state index is 13.2. The van der Waals surface area contributed by atoms with Crippen molar-refractivity contribution < 1.29 is 14.2 Å². The number of benzene rings is 1. The molecule has 92 valence electrons. The van der Waals surface area contributed by atoms with Crippen molar-refractivity contribution in [2.75, 3.05) is 20.1 Å². The molecule has 1 N–H and O–H groups in total. The number of halogens is 1. The molecule has 1 saturated heterocycles. The van der Waals surface area contributed by atoms with E-state index in [-0.39, 0.29) is 11.4 Å². The second-order valence-electron chi connectivity index (χ2n) is 5.17. The number of aliphatic hydroxyl groups is 1. The third-order valence-electron chi connectivity index (χ3n) is 3.73. The van der Waals surface area contributed by atoms with Crippen LogP contribution in [0.2, 0.25) is 0 Å². The van der Waals surface area contributed by atoms with Gasteiger partial charge in [0.15, 0.2) is 0 Å². The third-order valence-corrected chi connectivity index (χ3v) is 3.73. The summed E-state index contributed by atoms with van der Waals surface area (Å²) in [5.41, 5.74) is 0.362. The van der Waals surface area contributed by atoms with Gasteiger partial charge in [-0.15, -0.1) is 0 Å². The summed E-state index contributed by atoms with van der Waals surface area (Å²) in [5, 5.41) is 10.1. The molecule has 1 fully saturated rings. The minimum Gasteiger partial charge on any atom is -0.485 e. The molecule has 1 unspecified atom stereocenters. The van der Waals surface area contributed by atoms with Gasteiger partial charge >= 0.3 is 0 Å². The molecule has 2 aliphatic heterocycles. The Labute approximate surface area is 99.8 Å². The quantitative estimate of drug-likeness (QED) is 0.745. The van der Waals surface area contributed by atoms with Crippen LogP contribution < -0.4 is 4.74 Å². The lowest BCUT2D eigenvalue weighted by Crippen LogP contribution is -2.43. The molecule has 0 bridgehead atoms. The molecule has 2 heterocycles. The van der Waals surface area contributed by atoms with Gasteiger partial charge in [0.1, 0.15) is 17.2 Å². The molecule has 3 nitrogen and oxygen atoms in total. The van der Waals surface area contributed by atoms with Crippen molar-refractivity contribution >= 4 is 0 Å². The van der Waals surface area contributed by atoms with E-state index in [0.717, 1.165) is 19.5 Å².